The number of hydrogen-bond donors (Lipinski definition) is 2. The molecular weight excluding hydrogens is 379 g/mol. The summed E-state index contributed by atoms with van der Waals surface area (Å²) in [5, 5.41) is 2.75. The predicted molar refractivity (Wildman–Crippen MR) is 115 cm³/mol. The van der Waals surface area contributed by atoms with Crippen LogP contribution in [-0.4, -0.2) is 47.0 Å². The molecule has 0 saturated heterocycles. The Hall–Kier alpha value is -1.35. The fourth-order valence-electron chi connectivity index (χ4n) is 1.53. The summed E-state index contributed by atoms with van der Waals surface area (Å²) in [6.45, 7) is 1.92. The van der Waals surface area contributed by atoms with Crippen molar-refractivity contribution in [3.8, 4) is 11.5 Å². The minimum atomic E-state index is -0.739. The smallest absolute Gasteiger partial charge is 0.395 e. The van der Waals surface area contributed by atoms with Crippen LogP contribution in [0, 0.1) is 6.92 Å². The zero-order valence-corrected chi connectivity index (χ0v) is 19.3. The van der Waals surface area contributed by atoms with Gasteiger partial charge in [-0.05, 0) is 45.3 Å². The van der Waals surface area contributed by atoms with E-state index >= 15 is 0 Å². The van der Waals surface area contributed by atoms with E-state index in [0.717, 1.165) is 5.82 Å². The van der Waals surface area contributed by atoms with Crippen LogP contribution in [0.5, 0.6) is 11.5 Å². The van der Waals surface area contributed by atoms with Crippen molar-refractivity contribution in [2.24, 2.45) is 0 Å². The number of carbonyl (C=O) groups excluding carboxylic acids is 1. The fourth-order valence-corrected chi connectivity index (χ4v) is 1.53. The zero-order valence-electron chi connectivity index (χ0n) is 16.2. The van der Waals surface area contributed by atoms with Crippen molar-refractivity contribution in [3.63, 3.8) is 0 Å². The van der Waals surface area contributed by atoms with Gasteiger partial charge in [-0.3, -0.25) is 0 Å². The number of imidazole rings is 1. The Kier molecular flexibility index (Phi) is 22.8. The molecule has 0 aliphatic rings. The molecule has 9 heteroatoms. The summed E-state index contributed by atoms with van der Waals surface area (Å²) in [6, 6.07) is 17.6. The normalized spacial score (nSPS) is 7.96. The molecule has 28 heavy (non-hydrogen) atoms. The third-order valence-electron chi connectivity index (χ3n) is 2.52. The number of hydrogen-bond acceptors (Lipinski definition) is 5. The van der Waals surface area contributed by atoms with Crippen molar-refractivity contribution < 1.29 is 65.7 Å². The van der Waals surface area contributed by atoms with E-state index in [4.69, 9.17) is 9.47 Å². The second-order valence-electron chi connectivity index (χ2n) is 4.75. The fraction of sp³-hybridized carbons (Fsp3) is 0.158. The van der Waals surface area contributed by atoms with Gasteiger partial charge in [-0.2, -0.15) is 0 Å². The molecule has 0 amide bonds. The second-order valence-corrected chi connectivity index (χ2v) is 4.75. The summed E-state index contributed by atoms with van der Waals surface area (Å²) < 4.78 is 9.91. The maximum absolute atomic E-state index is 11.3. The predicted octanol–water partition coefficient (Wildman–Crippen LogP) is -1.01. The molecule has 0 aliphatic carbocycles. The monoisotopic (exact) mass is 406 g/mol. The number of aromatic nitrogens is 2. The van der Waals surface area contributed by atoms with Gasteiger partial charge in [-0.1, -0.05) is 44.8 Å². The number of carbonyl (C=O) groups is 1. The van der Waals surface area contributed by atoms with Gasteiger partial charge in [0.25, 0.3) is 0 Å². The topological polar surface area (TPSA) is 76.2 Å². The van der Waals surface area contributed by atoms with Gasteiger partial charge in [-0.15, -0.1) is 0 Å². The quantitative estimate of drug-likeness (QED) is 0.324. The van der Waals surface area contributed by atoms with Crippen LogP contribution in [-0.2, 0) is 0 Å². The molecule has 0 bridgehead atoms. The largest absolute Gasteiger partial charge is 1.00 e. The summed E-state index contributed by atoms with van der Waals surface area (Å²) in [5.41, 5.74) is 0. The van der Waals surface area contributed by atoms with Crippen molar-refractivity contribution in [1.82, 2.24) is 15.3 Å². The molecule has 3 rings (SSSR count). The van der Waals surface area contributed by atoms with Gasteiger partial charge in [0.1, 0.15) is 17.3 Å². The van der Waals surface area contributed by atoms with E-state index < -0.39 is 6.16 Å². The zero-order chi connectivity index (χ0) is 18.3. The van der Waals surface area contributed by atoms with Gasteiger partial charge in [0.15, 0.2) is 0 Å². The third kappa shape index (κ3) is 15.7. The van der Waals surface area contributed by atoms with Gasteiger partial charge in [-0.25, -0.2) is 9.78 Å². The van der Waals surface area contributed by atoms with E-state index in [2.05, 4.69) is 15.3 Å². The summed E-state index contributed by atoms with van der Waals surface area (Å²) in [4.78, 5) is 18.1. The minimum absolute atomic E-state index is 0. The summed E-state index contributed by atoms with van der Waals surface area (Å²) in [6.07, 6.45) is 2.79. The summed E-state index contributed by atoms with van der Waals surface area (Å²) >= 11 is 0. The number of H-pyrrole nitrogens is 1. The van der Waals surface area contributed by atoms with Crippen LogP contribution in [0.15, 0.2) is 73.1 Å². The van der Waals surface area contributed by atoms with Gasteiger partial charge in [0, 0.05) is 20.8 Å². The number of ether oxygens (including phenoxy) is 2. The molecule has 1 heterocycles. The van der Waals surface area contributed by atoms with Crippen LogP contribution in [0.4, 0.5) is 4.79 Å². The molecule has 2 N–H and O–H groups in total. The molecular formula is C19H27B2KN3O3. The molecule has 0 fully saturated rings. The van der Waals surface area contributed by atoms with Gasteiger partial charge >= 0.3 is 57.5 Å². The van der Waals surface area contributed by atoms with Crippen LogP contribution in [0.3, 0.4) is 0 Å². The molecule has 0 saturated carbocycles. The Bertz CT molecular complexity index is 659. The Balaban J connectivity index is -0.000000442. The molecule has 0 spiro atoms. The standard InChI is InChI=1S/C13H10O3.C4H6N2.C2H7N.BH4.B.K/c14-13(15-11-7-3-1-4-8-11)16-12-9-5-2-6-10-12;1-4-5-2-3-6-4;1-3-2;;;/h1-10H;2-3H,1H3,(H,5,6);3H,1-2H3;1H4;;/q;;;-1;;+1. The number of para-hydroxylation sites is 2. The van der Waals surface area contributed by atoms with Gasteiger partial charge < -0.3 is 19.8 Å². The Morgan fingerprint density at radius 1 is 0.929 bits per heavy atom. The molecule has 3 radical (unpaired) electrons. The van der Waals surface area contributed by atoms with Crippen LogP contribution >= 0.6 is 0 Å². The summed E-state index contributed by atoms with van der Waals surface area (Å²) in [5.74, 6) is 1.89. The number of aryl methyl sites for hydroxylation is 1. The molecule has 0 unspecified atom stereocenters. The Morgan fingerprint density at radius 3 is 1.57 bits per heavy atom. The van der Waals surface area contributed by atoms with Crippen LogP contribution < -0.4 is 66.2 Å². The van der Waals surface area contributed by atoms with E-state index in [9.17, 15) is 4.79 Å². The molecule has 143 valence electrons. The van der Waals surface area contributed by atoms with Crippen LogP contribution in [0.25, 0.3) is 0 Å². The molecule has 0 aliphatic heterocycles. The first kappa shape index (κ1) is 31.3. The number of nitrogens with zero attached hydrogens (tertiary/aromatic N) is 1. The maximum Gasteiger partial charge on any atom is 1.00 e. The van der Waals surface area contributed by atoms with Crippen LogP contribution in [0.1, 0.15) is 5.82 Å². The molecule has 0 atom stereocenters. The van der Waals surface area contributed by atoms with E-state index in [-0.39, 0.29) is 68.2 Å². The van der Waals surface area contributed by atoms with E-state index in [0.29, 0.717) is 11.5 Å². The molecule has 2 aromatic carbocycles. The minimum Gasteiger partial charge on any atom is -0.395 e. The average molecular weight is 406 g/mol. The summed E-state index contributed by atoms with van der Waals surface area (Å²) in [7, 11) is 3.75. The van der Waals surface area contributed by atoms with Crippen molar-refractivity contribution >= 4 is 23.0 Å². The number of rotatable bonds is 2. The third-order valence-corrected chi connectivity index (χ3v) is 2.52. The van der Waals surface area contributed by atoms with Gasteiger partial charge in [0.2, 0.25) is 0 Å². The first-order valence-electron chi connectivity index (χ1n) is 7.70. The van der Waals surface area contributed by atoms with E-state index in [1.165, 1.54) is 0 Å². The number of aromatic amines is 1. The van der Waals surface area contributed by atoms with E-state index in [1.54, 1.807) is 60.9 Å². The number of benzene rings is 2. The molecule has 3 aromatic rings. The second kappa shape index (κ2) is 20.4. The molecule has 1 aromatic heterocycles. The van der Waals surface area contributed by atoms with Crippen molar-refractivity contribution in [2.45, 2.75) is 6.92 Å². The van der Waals surface area contributed by atoms with Gasteiger partial charge in [0.05, 0.1) is 0 Å². The van der Waals surface area contributed by atoms with Crippen molar-refractivity contribution in [2.75, 3.05) is 14.1 Å². The van der Waals surface area contributed by atoms with E-state index in [1.807, 2.05) is 33.2 Å². The first-order chi connectivity index (χ1) is 12.2. The van der Waals surface area contributed by atoms with Crippen molar-refractivity contribution in [1.29, 1.82) is 0 Å². The Labute approximate surface area is 213 Å². The molecule has 6 nitrogen and oxygen atoms in total. The number of nitrogens with one attached hydrogen (secondary N) is 2. The maximum atomic E-state index is 11.3. The SMILES string of the molecule is CNC.Cc1ncc[nH]1.O=C(Oc1ccccc1)Oc1ccccc1.[BH4-].[B].[K+]. The van der Waals surface area contributed by atoms with Crippen LogP contribution in [0.2, 0.25) is 0 Å². The van der Waals surface area contributed by atoms with Crippen molar-refractivity contribution in [3.05, 3.63) is 78.9 Å². The Morgan fingerprint density at radius 2 is 1.32 bits per heavy atom. The average Bonchev–Trinajstić information content (AvgIpc) is 3.09. The first-order valence-corrected chi connectivity index (χ1v) is 7.70.